The van der Waals surface area contributed by atoms with Crippen molar-refractivity contribution in [3.05, 3.63) is 34.1 Å². The second-order valence-corrected chi connectivity index (χ2v) is 5.65. The summed E-state index contributed by atoms with van der Waals surface area (Å²) in [4.78, 5) is 17.4. The fraction of sp³-hybridized carbons (Fsp3) is 0.467. The first kappa shape index (κ1) is 14.5. The molecular weight excluding hydrogens is 284 g/mol. The number of aromatic nitrogens is 2. The average Bonchev–Trinajstić information content (AvgIpc) is 2.94. The minimum atomic E-state index is -0.344. The highest BCUT2D eigenvalue weighted by Gasteiger charge is 2.26. The summed E-state index contributed by atoms with van der Waals surface area (Å²) in [5.41, 5.74) is 1.32. The largest absolute Gasteiger partial charge is 0.363 e. The normalized spacial score (nSPS) is 18.5. The van der Waals surface area contributed by atoms with Gasteiger partial charge in [0.1, 0.15) is 5.69 Å². The summed E-state index contributed by atoms with van der Waals surface area (Å²) in [5.74, 6) is 0.810. The summed E-state index contributed by atoms with van der Waals surface area (Å²) in [6, 6.07) is 5.42. The molecule has 0 unspecified atom stereocenters. The molecule has 0 saturated carbocycles. The van der Waals surface area contributed by atoms with Crippen LogP contribution in [0.15, 0.2) is 22.7 Å². The zero-order valence-corrected chi connectivity index (χ0v) is 12.7. The number of benzene rings is 1. The Bertz CT molecular complexity index is 698. The predicted octanol–water partition coefficient (Wildman–Crippen LogP) is 3.33. The molecule has 1 aromatic heterocycles. The van der Waals surface area contributed by atoms with Crippen molar-refractivity contribution in [1.29, 1.82) is 0 Å². The van der Waals surface area contributed by atoms with Gasteiger partial charge >= 0.3 is 0 Å². The number of hydrogen-bond donors (Lipinski definition) is 0. The molecule has 7 nitrogen and oxygen atoms in total. The highest BCUT2D eigenvalue weighted by atomic mass is 16.6. The van der Waals surface area contributed by atoms with Gasteiger partial charge in [-0.2, -0.15) is 4.98 Å². The molecule has 0 radical (unpaired) electrons. The number of piperidine rings is 1. The van der Waals surface area contributed by atoms with E-state index >= 15 is 0 Å². The SMILES string of the molecule is Cc1noc(-c2ccc(N3CCCC[C@@H]3C)c([N+](=O)[O-])c2)n1. The molecule has 1 atom stereocenters. The third kappa shape index (κ3) is 2.66. The Labute approximate surface area is 128 Å². The molecule has 0 bridgehead atoms. The van der Waals surface area contributed by atoms with E-state index in [9.17, 15) is 10.1 Å². The van der Waals surface area contributed by atoms with Crippen LogP contribution >= 0.6 is 0 Å². The Morgan fingerprint density at radius 1 is 1.41 bits per heavy atom. The molecule has 2 aromatic rings. The van der Waals surface area contributed by atoms with Gasteiger partial charge in [-0.25, -0.2) is 0 Å². The first-order valence-electron chi connectivity index (χ1n) is 7.42. The van der Waals surface area contributed by atoms with Crippen LogP contribution in [0.3, 0.4) is 0 Å². The van der Waals surface area contributed by atoms with Gasteiger partial charge in [0.15, 0.2) is 5.82 Å². The third-order valence-electron chi connectivity index (χ3n) is 4.06. The molecule has 1 aromatic carbocycles. The van der Waals surface area contributed by atoms with Crippen LogP contribution in [0.2, 0.25) is 0 Å². The minimum absolute atomic E-state index is 0.0853. The van der Waals surface area contributed by atoms with E-state index in [1.165, 1.54) is 12.5 Å². The lowest BCUT2D eigenvalue weighted by Gasteiger charge is -2.35. The molecule has 0 N–H and O–H groups in total. The van der Waals surface area contributed by atoms with Crippen LogP contribution < -0.4 is 4.90 Å². The molecular formula is C15H18N4O3. The van der Waals surface area contributed by atoms with E-state index in [-0.39, 0.29) is 10.6 Å². The van der Waals surface area contributed by atoms with Crippen LogP contribution in [-0.4, -0.2) is 27.7 Å². The molecule has 22 heavy (non-hydrogen) atoms. The van der Waals surface area contributed by atoms with Gasteiger partial charge in [0.2, 0.25) is 0 Å². The van der Waals surface area contributed by atoms with Crippen molar-refractivity contribution >= 4 is 11.4 Å². The maximum Gasteiger partial charge on any atom is 0.293 e. The quantitative estimate of drug-likeness (QED) is 0.638. The Morgan fingerprint density at radius 3 is 2.86 bits per heavy atom. The Balaban J connectivity index is 2.02. The molecule has 1 saturated heterocycles. The molecule has 0 amide bonds. The zero-order chi connectivity index (χ0) is 15.7. The van der Waals surface area contributed by atoms with Gasteiger partial charge in [0.05, 0.1) is 4.92 Å². The predicted molar refractivity (Wildman–Crippen MR) is 81.8 cm³/mol. The Hall–Kier alpha value is -2.44. The van der Waals surface area contributed by atoms with Crippen molar-refractivity contribution in [3.8, 4) is 11.5 Å². The topological polar surface area (TPSA) is 85.3 Å². The molecule has 116 valence electrons. The number of nitro groups is 1. The van der Waals surface area contributed by atoms with Gasteiger partial charge in [-0.05, 0) is 45.2 Å². The van der Waals surface area contributed by atoms with Crippen LogP contribution in [0, 0.1) is 17.0 Å². The van der Waals surface area contributed by atoms with Gasteiger partial charge in [0, 0.05) is 24.2 Å². The van der Waals surface area contributed by atoms with Crippen LogP contribution in [-0.2, 0) is 0 Å². The molecule has 2 heterocycles. The lowest BCUT2D eigenvalue weighted by atomic mass is 10.0. The summed E-state index contributed by atoms with van der Waals surface area (Å²) in [6.45, 7) is 4.67. The summed E-state index contributed by atoms with van der Waals surface area (Å²) in [7, 11) is 0. The van der Waals surface area contributed by atoms with Crippen molar-refractivity contribution < 1.29 is 9.45 Å². The minimum Gasteiger partial charge on any atom is -0.363 e. The van der Waals surface area contributed by atoms with E-state index in [4.69, 9.17) is 4.52 Å². The number of aryl methyl sites for hydroxylation is 1. The van der Waals surface area contributed by atoms with E-state index in [2.05, 4.69) is 22.0 Å². The van der Waals surface area contributed by atoms with Crippen molar-refractivity contribution in [2.45, 2.75) is 39.2 Å². The maximum atomic E-state index is 11.5. The van der Waals surface area contributed by atoms with Crippen LogP contribution in [0.4, 0.5) is 11.4 Å². The number of nitrogens with zero attached hydrogens (tertiary/aromatic N) is 4. The smallest absolute Gasteiger partial charge is 0.293 e. The van der Waals surface area contributed by atoms with Gasteiger partial charge in [-0.3, -0.25) is 10.1 Å². The molecule has 1 aliphatic rings. The first-order chi connectivity index (χ1) is 10.6. The van der Waals surface area contributed by atoms with E-state index < -0.39 is 0 Å². The number of nitro benzene ring substituents is 1. The summed E-state index contributed by atoms with van der Waals surface area (Å²) < 4.78 is 5.09. The highest BCUT2D eigenvalue weighted by molar-refractivity contribution is 5.71. The molecule has 3 rings (SSSR count). The lowest BCUT2D eigenvalue weighted by molar-refractivity contribution is -0.384. The van der Waals surface area contributed by atoms with Crippen molar-refractivity contribution in [3.63, 3.8) is 0 Å². The van der Waals surface area contributed by atoms with Gasteiger partial charge in [-0.1, -0.05) is 5.16 Å². The zero-order valence-electron chi connectivity index (χ0n) is 12.7. The first-order valence-corrected chi connectivity index (χ1v) is 7.42. The average molecular weight is 302 g/mol. The standard InChI is InChI=1S/C15H18N4O3/c1-10-5-3-4-8-18(10)13-7-6-12(9-14(13)19(20)21)15-16-11(2)17-22-15/h6-7,9-10H,3-5,8H2,1-2H3/t10-/m0/s1. The van der Waals surface area contributed by atoms with Crippen LogP contribution in [0.25, 0.3) is 11.5 Å². The summed E-state index contributed by atoms with van der Waals surface area (Å²) in [5, 5.41) is 15.2. The fourth-order valence-corrected chi connectivity index (χ4v) is 2.92. The molecule has 0 aliphatic carbocycles. The third-order valence-corrected chi connectivity index (χ3v) is 4.06. The number of anilines is 1. The number of rotatable bonds is 3. The van der Waals surface area contributed by atoms with E-state index in [1.807, 2.05) is 0 Å². The van der Waals surface area contributed by atoms with Crippen LogP contribution in [0.5, 0.6) is 0 Å². The van der Waals surface area contributed by atoms with Gasteiger partial charge in [0.25, 0.3) is 11.6 Å². The van der Waals surface area contributed by atoms with Gasteiger partial charge in [-0.15, -0.1) is 0 Å². The molecule has 1 aliphatic heterocycles. The summed E-state index contributed by atoms with van der Waals surface area (Å²) in [6.07, 6.45) is 3.29. The Kier molecular flexibility index (Phi) is 3.79. The fourth-order valence-electron chi connectivity index (χ4n) is 2.92. The maximum absolute atomic E-state index is 11.5. The highest BCUT2D eigenvalue weighted by Crippen LogP contribution is 2.35. The van der Waals surface area contributed by atoms with E-state index in [0.29, 0.717) is 29.0 Å². The van der Waals surface area contributed by atoms with Crippen molar-refractivity contribution in [2.75, 3.05) is 11.4 Å². The van der Waals surface area contributed by atoms with Crippen molar-refractivity contribution in [2.24, 2.45) is 0 Å². The summed E-state index contributed by atoms with van der Waals surface area (Å²) >= 11 is 0. The Morgan fingerprint density at radius 2 is 2.23 bits per heavy atom. The molecule has 1 fully saturated rings. The van der Waals surface area contributed by atoms with Gasteiger partial charge < -0.3 is 9.42 Å². The second-order valence-electron chi connectivity index (χ2n) is 5.65. The second kappa shape index (κ2) is 5.75. The lowest BCUT2D eigenvalue weighted by Crippen LogP contribution is -2.37. The number of hydrogen-bond acceptors (Lipinski definition) is 6. The van der Waals surface area contributed by atoms with E-state index in [1.54, 1.807) is 19.1 Å². The monoisotopic (exact) mass is 302 g/mol. The van der Waals surface area contributed by atoms with Crippen molar-refractivity contribution in [1.82, 2.24) is 10.1 Å². The van der Waals surface area contributed by atoms with Crippen LogP contribution in [0.1, 0.15) is 32.0 Å². The molecule has 0 spiro atoms. The molecule has 7 heteroatoms. The van der Waals surface area contributed by atoms with E-state index in [0.717, 1.165) is 19.4 Å².